The van der Waals surface area contributed by atoms with Gasteiger partial charge in [0.05, 0.1) is 21.8 Å². The Labute approximate surface area is 261 Å². The molecule has 2 heterocycles. The van der Waals surface area contributed by atoms with Gasteiger partial charge in [-0.25, -0.2) is 9.78 Å². The normalized spacial score (nSPS) is 14.1. The third-order valence-corrected chi connectivity index (χ3v) is 6.90. The maximum Gasteiger partial charge on any atom is 0.490 e. The molecular weight excluding hydrogens is 626 g/mol. The number of carboxylic acid groups (broad SMARTS) is 1. The van der Waals surface area contributed by atoms with Gasteiger partial charge in [0.1, 0.15) is 17.7 Å². The van der Waals surface area contributed by atoms with E-state index < -0.39 is 24.0 Å². The lowest BCUT2D eigenvalue weighted by Crippen LogP contribution is -2.34. The number of carboxylic acids is 1. The van der Waals surface area contributed by atoms with Crippen molar-refractivity contribution in [1.82, 2.24) is 10.3 Å². The van der Waals surface area contributed by atoms with E-state index in [2.05, 4.69) is 20.9 Å². The molecule has 0 spiro atoms. The highest BCUT2D eigenvalue weighted by Gasteiger charge is 2.38. The summed E-state index contributed by atoms with van der Waals surface area (Å²) in [4.78, 5) is 39.5. The van der Waals surface area contributed by atoms with Crippen LogP contribution in [0.3, 0.4) is 0 Å². The van der Waals surface area contributed by atoms with Gasteiger partial charge >= 0.3 is 12.1 Å². The third-order valence-electron chi connectivity index (χ3n) is 6.44. The van der Waals surface area contributed by atoms with E-state index in [1.54, 1.807) is 30.3 Å². The number of hydrogen-bond donors (Lipinski definition) is 5. The summed E-state index contributed by atoms with van der Waals surface area (Å²) in [6.07, 6.45) is -1.97. The highest BCUT2D eigenvalue weighted by atomic mass is 35.5. The molecule has 0 saturated carbocycles. The number of carbonyl (C=O) groups is 3. The van der Waals surface area contributed by atoms with Crippen LogP contribution >= 0.6 is 23.2 Å². The van der Waals surface area contributed by atoms with E-state index in [9.17, 15) is 22.8 Å². The molecule has 4 rings (SSSR count). The molecule has 0 bridgehead atoms. The second kappa shape index (κ2) is 15.7. The molecule has 236 valence electrons. The van der Waals surface area contributed by atoms with Crippen molar-refractivity contribution in [3.8, 4) is 5.75 Å². The number of halogens is 5. The summed E-state index contributed by atoms with van der Waals surface area (Å²) in [7, 11) is 0. The molecule has 1 atom stereocenters. The molecule has 1 saturated heterocycles. The van der Waals surface area contributed by atoms with Gasteiger partial charge in [-0.05, 0) is 86.4 Å². The van der Waals surface area contributed by atoms with Crippen molar-refractivity contribution in [1.29, 1.82) is 0 Å². The van der Waals surface area contributed by atoms with Crippen molar-refractivity contribution in [2.24, 2.45) is 5.73 Å². The van der Waals surface area contributed by atoms with E-state index in [-0.39, 0.29) is 17.6 Å². The van der Waals surface area contributed by atoms with Gasteiger partial charge in [0.15, 0.2) is 0 Å². The average molecular weight is 656 g/mol. The molecule has 0 radical (unpaired) electrons. The number of alkyl halides is 3. The number of pyridine rings is 1. The van der Waals surface area contributed by atoms with E-state index in [0.717, 1.165) is 31.5 Å². The van der Waals surface area contributed by atoms with Crippen LogP contribution in [0.25, 0.3) is 0 Å². The standard InChI is InChI=1S/C27H29Cl2N5O3.C2HF3O2/c1-16(14-30)17-2-5-21(24(12-17)37-20-8-10-31-11-9-20)26(35)33-23-6-3-18(28)13-22(23)27(36)34-25-7-4-19(29)15-32-25;3-2(4,5)1(6)7/h2-7,12-13,15-16,20,31H,8-11,14,30H2,1H3,(H,33,35)(H,32,34,36);(H,6,7). The number of nitrogens with zero attached hydrogens (tertiary/aromatic N) is 1. The first-order valence-corrected chi connectivity index (χ1v) is 14.1. The van der Waals surface area contributed by atoms with Gasteiger partial charge < -0.3 is 31.5 Å². The minimum Gasteiger partial charge on any atom is -0.489 e. The van der Waals surface area contributed by atoms with Crippen molar-refractivity contribution in [2.45, 2.75) is 38.0 Å². The molecule has 1 aliphatic heterocycles. The van der Waals surface area contributed by atoms with E-state index in [1.807, 2.05) is 19.1 Å². The summed E-state index contributed by atoms with van der Waals surface area (Å²) in [6, 6.07) is 13.4. The van der Waals surface area contributed by atoms with Gasteiger partial charge in [-0.2, -0.15) is 13.2 Å². The lowest BCUT2D eigenvalue weighted by Gasteiger charge is -2.25. The van der Waals surface area contributed by atoms with Crippen LogP contribution in [0.1, 0.15) is 52.0 Å². The Bertz CT molecular complexity index is 1470. The number of anilines is 2. The summed E-state index contributed by atoms with van der Waals surface area (Å²) >= 11 is 12.0. The molecule has 2 amide bonds. The van der Waals surface area contributed by atoms with Gasteiger partial charge in [0.25, 0.3) is 11.8 Å². The number of nitrogens with two attached hydrogens (primary N) is 1. The number of carbonyl (C=O) groups excluding carboxylic acids is 2. The Kier molecular flexibility index (Phi) is 12.3. The summed E-state index contributed by atoms with van der Waals surface area (Å²) in [5.74, 6) is -2.72. The number of benzene rings is 2. The molecule has 44 heavy (non-hydrogen) atoms. The van der Waals surface area contributed by atoms with Crippen LogP contribution in [0.2, 0.25) is 10.0 Å². The quantitative estimate of drug-likeness (QED) is 0.206. The predicted octanol–water partition coefficient (Wildman–Crippen LogP) is 5.72. The largest absolute Gasteiger partial charge is 0.490 e. The number of piperidine rings is 1. The summed E-state index contributed by atoms with van der Waals surface area (Å²) in [5.41, 5.74) is 7.71. The molecule has 0 aliphatic carbocycles. The lowest BCUT2D eigenvalue weighted by atomic mass is 9.98. The van der Waals surface area contributed by atoms with E-state index in [1.165, 1.54) is 12.3 Å². The van der Waals surface area contributed by atoms with Gasteiger partial charge in [0.2, 0.25) is 0 Å². The van der Waals surface area contributed by atoms with Crippen LogP contribution in [0, 0.1) is 0 Å². The molecule has 10 nitrogen and oxygen atoms in total. The highest BCUT2D eigenvalue weighted by molar-refractivity contribution is 6.31. The summed E-state index contributed by atoms with van der Waals surface area (Å²) < 4.78 is 38.0. The zero-order chi connectivity index (χ0) is 32.4. The first kappa shape index (κ1) is 34.6. The first-order chi connectivity index (χ1) is 20.8. The van der Waals surface area contributed by atoms with E-state index in [0.29, 0.717) is 39.4 Å². The first-order valence-electron chi connectivity index (χ1n) is 13.3. The van der Waals surface area contributed by atoms with Crippen LogP contribution < -0.4 is 26.4 Å². The Morgan fingerprint density at radius 3 is 2.25 bits per heavy atom. The molecule has 3 aromatic rings. The Balaban J connectivity index is 0.000000676. The number of aliphatic carboxylic acids is 1. The van der Waals surface area contributed by atoms with Crippen molar-refractivity contribution in [3.05, 3.63) is 81.5 Å². The number of aromatic nitrogens is 1. The third kappa shape index (κ3) is 10.1. The SMILES string of the molecule is CC(CN)c1ccc(C(=O)Nc2ccc(Cl)cc2C(=O)Nc2ccc(Cl)cn2)c(OC2CCNCC2)c1.O=C(O)C(F)(F)F. The van der Waals surface area contributed by atoms with Crippen molar-refractivity contribution < 1.29 is 37.4 Å². The topological polar surface area (TPSA) is 156 Å². The molecule has 15 heteroatoms. The predicted molar refractivity (Wildman–Crippen MR) is 161 cm³/mol. The lowest BCUT2D eigenvalue weighted by molar-refractivity contribution is -0.192. The number of amides is 2. The van der Waals surface area contributed by atoms with Crippen LogP contribution in [0.5, 0.6) is 5.75 Å². The monoisotopic (exact) mass is 655 g/mol. The molecule has 2 aromatic carbocycles. The fourth-order valence-electron chi connectivity index (χ4n) is 4.00. The van der Waals surface area contributed by atoms with Gasteiger partial charge in [-0.3, -0.25) is 9.59 Å². The fourth-order valence-corrected chi connectivity index (χ4v) is 4.28. The van der Waals surface area contributed by atoms with Crippen molar-refractivity contribution >= 4 is 52.5 Å². The number of ether oxygens (including phenoxy) is 1. The number of hydrogen-bond acceptors (Lipinski definition) is 7. The van der Waals surface area contributed by atoms with Crippen LogP contribution in [-0.2, 0) is 4.79 Å². The average Bonchev–Trinajstić information content (AvgIpc) is 2.99. The maximum atomic E-state index is 13.5. The van der Waals surface area contributed by atoms with E-state index in [4.69, 9.17) is 43.6 Å². The number of rotatable bonds is 8. The molecule has 6 N–H and O–H groups in total. The van der Waals surface area contributed by atoms with Gasteiger partial charge in [-0.15, -0.1) is 0 Å². The molecular formula is C29H30Cl2F3N5O5. The van der Waals surface area contributed by atoms with E-state index >= 15 is 0 Å². The number of nitrogens with one attached hydrogen (secondary N) is 3. The molecule has 1 aliphatic rings. The Morgan fingerprint density at radius 1 is 1.02 bits per heavy atom. The van der Waals surface area contributed by atoms with Crippen molar-refractivity contribution in [3.63, 3.8) is 0 Å². The zero-order valence-corrected chi connectivity index (χ0v) is 24.9. The van der Waals surface area contributed by atoms with Crippen LogP contribution in [-0.4, -0.2) is 59.8 Å². The van der Waals surface area contributed by atoms with Gasteiger partial charge in [0, 0.05) is 11.2 Å². The molecule has 1 aromatic heterocycles. The molecule has 1 fully saturated rings. The minimum atomic E-state index is -5.08. The van der Waals surface area contributed by atoms with Crippen LogP contribution in [0.4, 0.5) is 24.7 Å². The Morgan fingerprint density at radius 2 is 1.66 bits per heavy atom. The second-order valence-electron chi connectivity index (χ2n) is 9.72. The maximum absolute atomic E-state index is 13.5. The fraction of sp³-hybridized carbons (Fsp3) is 0.310. The van der Waals surface area contributed by atoms with Crippen LogP contribution in [0.15, 0.2) is 54.7 Å². The minimum absolute atomic E-state index is 0.0000193. The Hall–Kier alpha value is -3.91. The zero-order valence-electron chi connectivity index (χ0n) is 23.4. The second-order valence-corrected chi connectivity index (χ2v) is 10.6. The smallest absolute Gasteiger partial charge is 0.489 e. The summed E-state index contributed by atoms with van der Waals surface area (Å²) in [5, 5.41) is 16.8. The highest BCUT2D eigenvalue weighted by Crippen LogP contribution is 2.29. The van der Waals surface area contributed by atoms with Gasteiger partial charge in [-0.1, -0.05) is 36.2 Å². The summed E-state index contributed by atoms with van der Waals surface area (Å²) in [6.45, 7) is 4.22. The van der Waals surface area contributed by atoms with Crippen molar-refractivity contribution in [2.75, 3.05) is 30.3 Å². The molecule has 1 unspecified atom stereocenters.